The van der Waals surface area contributed by atoms with Crippen LogP contribution in [0.15, 0.2) is 12.1 Å². The van der Waals surface area contributed by atoms with E-state index in [1.165, 1.54) is 19.3 Å². The highest BCUT2D eigenvalue weighted by Gasteiger charge is 2.32. The smallest absolute Gasteiger partial charge is 0.195 e. The summed E-state index contributed by atoms with van der Waals surface area (Å²) < 4.78 is 11.1. The number of ketones is 1. The van der Waals surface area contributed by atoms with E-state index in [1.807, 2.05) is 26.0 Å². The van der Waals surface area contributed by atoms with Crippen molar-refractivity contribution in [2.24, 2.45) is 5.92 Å². The summed E-state index contributed by atoms with van der Waals surface area (Å²) in [6.45, 7) is 4.02. The third-order valence-electron chi connectivity index (χ3n) is 4.74. The molecule has 0 bridgehead atoms. The number of benzene rings is 1. The summed E-state index contributed by atoms with van der Waals surface area (Å²) >= 11 is 0. The molecule has 1 aromatic rings. The van der Waals surface area contributed by atoms with Gasteiger partial charge in [0.2, 0.25) is 0 Å². The quantitative estimate of drug-likeness (QED) is 0.766. The fraction of sp³-hybridized carbons (Fsp3) is 0.611. The van der Waals surface area contributed by atoms with E-state index in [-0.39, 0.29) is 11.9 Å². The van der Waals surface area contributed by atoms with Gasteiger partial charge in [0.15, 0.2) is 5.78 Å². The zero-order chi connectivity index (χ0) is 15.4. The van der Waals surface area contributed by atoms with Gasteiger partial charge >= 0.3 is 0 Å². The van der Waals surface area contributed by atoms with Crippen LogP contribution in [-0.4, -0.2) is 26.1 Å². The maximum absolute atomic E-state index is 12.9. The molecule has 2 rings (SSSR count). The van der Waals surface area contributed by atoms with E-state index >= 15 is 0 Å². The largest absolute Gasteiger partial charge is 0.496 e. The maximum atomic E-state index is 12.9. The van der Waals surface area contributed by atoms with Gasteiger partial charge in [0.25, 0.3) is 0 Å². The van der Waals surface area contributed by atoms with Gasteiger partial charge in [-0.05, 0) is 49.8 Å². The molecule has 0 amide bonds. The normalized spacial score (nSPS) is 17.5. The fourth-order valence-corrected chi connectivity index (χ4v) is 3.35. The number of aryl methyl sites for hydroxylation is 1. The summed E-state index contributed by atoms with van der Waals surface area (Å²) in [6, 6.07) is 3.86. The van der Waals surface area contributed by atoms with Crippen molar-refractivity contribution < 1.29 is 14.3 Å². The van der Waals surface area contributed by atoms with Crippen LogP contribution in [0.1, 0.15) is 53.6 Å². The predicted octanol–water partition coefficient (Wildman–Crippen LogP) is 4.09. The highest BCUT2D eigenvalue weighted by Crippen LogP contribution is 2.33. The van der Waals surface area contributed by atoms with E-state index < -0.39 is 0 Å². The van der Waals surface area contributed by atoms with Crippen molar-refractivity contribution in [3.05, 3.63) is 28.8 Å². The van der Waals surface area contributed by atoms with E-state index in [0.717, 1.165) is 24.0 Å². The van der Waals surface area contributed by atoms with Gasteiger partial charge in [-0.15, -0.1) is 0 Å². The molecule has 0 heterocycles. The van der Waals surface area contributed by atoms with E-state index in [9.17, 15) is 4.79 Å². The monoisotopic (exact) mass is 290 g/mol. The molecule has 3 nitrogen and oxygen atoms in total. The molecule has 1 aliphatic carbocycles. The van der Waals surface area contributed by atoms with Gasteiger partial charge in [0.1, 0.15) is 11.9 Å². The first-order chi connectivity index (χ1) is 10.1. The second kappa shape index (κ2) is 7.08. The van der Waals surface area contributed by atoms with Crippen molar-refractivity contribution >= 4 is 5.78 Å². The summed E-state index contributed by atoms with van der Waals surface area (Å²) in [7, 11) is 3.27. The van der Waals surface area contributed by atoms with E-state index in [4.69, 9.17) is 9.47 Å². The molecule has 1 unspecified atom stereocenters. The average molecular weight is 290 g/mol. The second-order valence-corrected chi connectivity index (χ2v) is 6.01. The Morgan fingerprint density at radius 2 is 1.81 bits per heavy atom. The number of carbonyl (C=O) groups excluding carboxylic acids is 1. The van der Waals surface area contributed by atoms with Crippen molar-refractivity contribution in [3.63, 3.8) is 0 Å². The Balaban J connectivity index is 2.31. The molecule has 1 atom stereocenters. The Bertz CT molecular complexity index is 501. The van der Waals surface area contributed by atoms with Crippen molar-refractivity contribution in [1.82, 2.24) is 0 Å². The zero-order valence-electron chi connectivity index (χ0n) is 13.6. The first-order valence-corrected chi connectivity index (χ1v) is 7.81. The van der Waals surface area contributed by atoms with Crippen LogP contribution < -0.4 is 4.74 Å². The molecule has 0 radical (unpaired) electrons. The van der Waals surface area contributed by atoms with Crippen LogP contribution in [0.4, 0.5) is 0 Å². The Hall–Kier alpha value is -1.35. The molecule has 0 saturated heterocycles. The predicted molar refractivity (Wildman–Crippen MR) is 84.2 cm³/mol. The lowest BCUT2D eigenvalue weighted by molar-refractivity contribution is 0.0312. The molecule has 0 aromatic heterocycles. The summed E-state index contributed by atoms with van der Waals surface area (Å²) in [5.74, 6) is 1.09. The number of carbonyl (C=O) groups is 1. The average Bonchev–Trinajstić information content (AvgIpc) is 2.51. The minimum atomic E-state index is -0.346. The lowest BCUT2D eigenvalue weighted by atomic mass is 9.82. The van der Waals surface area contributed by atoms with Gasteiger partial charge in [0, 0.05) is 7.11 Å². The molecule has 1 aromatic carbocycles. The number of methoxy groups -OCH3 is 2. The van der Waals surface area contributed by atoms with Crippen molar-refractivity contribution in [3.8, 4) is 5.75 Å². The molecular weight excluding hydrogens is 264 g/mol. The third kappa shape index (κ3) is 3.29. The number of hydrogen-bond acceptors (Lipinski definition) is 3. The van der Waals surface area contributed by atoms with Gasteiger partial charge in [-0.25, -0.2) is 0 Å². The topological polar surface area (TPSA) is 35.5 Å². The zero-order valence-corrected chi connectivity index (χ0v) is 13.6. The molecular formula is C18H26O3. The number of Topliss-reactive ketones (excluding diaryl/α,β-unsaturated/α-hetero) is 1. The summed E-state index contributed by atoms with van der Waals surface area (Å²) in [4.78, 5) is 12.9. The summed E-state index contributed by atoms with van der Waals surface area (Å²) in [5.41, 5.74) is 2.81. The van der Waals surface area contributed by atoms with Crippen LogP contribution in [-0.2, 0) is 4.74 Å². The number of ether oxygens (including phenoxy) is 2. The van der Waals surface area contributed by atoms with Gasteiger partial charge in [-0.1, -0.05) is 25.3 Å². The molecule has 1 aliphatic rings. The second-order valence-electron chi connectivity index (χ2n) is 6.01. The van der Waals surface area contributed by atoms with Crippen LogP contribution in [0, 0.1) is 19.8 Å². The van der Waals surface area contributed by atoms with Crippen molar-refractivity contribution in [2.45, 2.75) is 52.1 Å². The van der Waals surface area contributed by atoms with Crippen LogP contribution in [0.25, 0.3) is 0 Å². The van der Waals surface area contributed by atoms with Gasteiger partial charge < -0.3 is 9.47 Å². The van der Waals surface area contributed by atoms with Crippen LogP contribution in [0.2, 0.25) is 0 Å². The Morgan fingerprint density at radius 3 is 2.38 bits per heavy atom. The number of hydrogen-bond donors (Lipinski definition) is 0. The molecule has 116 valence electrons. The van der Waals surface area contributed by atoms with E-state index in [2.05, 4.69) is 0 Å². The minimum Gasteiger partial charge on any atom is -0.496 e. The minimum absolute atomic E-state index is 0.0596. The van der Waals surface area contributed by atoms with E-state index in [1.54, 1.807) is 14.2 Å². The highest BCUT2D eigenvalue weighted by molar-refractivity contribution is 6.02. The molecule has 0 spiro atoms. The molecule has 21 heavy (non-hydrogen) atoms. The third-order valence-corrected chi connectivity index (χ3v) is 4.74. The SMILES string of the molecule is COc1c(C(=O)C(OC)C2CCCCC2)ccc(C)c1C. The summed E-state index contributed by atoms with van der Waals surface area (Å²) in [5, 5.41) is 0. The van der Waals surface area contributed by atoms with Crippen LogP contribution >= 0.6 is 0 Å². The number of rotatable bonds is 5. The standard InChI is InChI=1S/C18H26O3/c1-12-10-11-15(17(20-3)13(12)2)16(19)18(21-4)14-8-6-5-7-9-14/h10-11,14,18H,5-9H2,1-4H3. The summed E-state index contributed by atoms with van der Waals surface area (Å²) in [6.07, 6.45) is 5.48. The molecule has 3 heteroatoms. The Kier molecular flexibility index (Phi) is 5.40. The molecule has 1 saturated carbocycles. The van der Waals surface area contributed by atoms with Gasteiger partial charge in [-0.2, -0.15) is 0 Å². The van der Waals surface area contributed by atoms with Crippen LogP contribution in [0.5, 0.6) is 5.75 Å². The first-order valence-electron chi connectivity index (χ1n) is 7.81. The maximum Gasteiger partial charge on any atom is 0.195 e. The highest BCUT2D eigenvalue weighted by atomic mass is 16.5. The lowest BCUT2D eigenvalue weighted by Crippen LogP contribution is -2.33. The van der Waals surface area contributed by atoms with Gasteiger partial charge in [0.05, 0.1) is 12.7 Å². The Labute approximate surface area is 127 Å². The van der Waals surface area contributed by atoms with E-state index in [0.29, 0.717) is 17.2 Å². The molecule has 1 fully saturated rings. The van der Waals surface area contributed by atoms with Crippen LogP contribution in [0.3, 0.4) is 0 Å². The molecule has 0 aliphatic heterocycles. The fourth-order valence-electron chi connectivity index (χ4n) is 3.35. The van der Waals surface area contributed by atoms with Gasteiger partial charge in [-0.3, -0.25) is 4.79 Å². The Morgan fingerprint density at radius 1 is 1.14 bits per heavy atom. The van der Waals surface area contributed by atoms with Crippen molar-refractivity contribution in [2.75, 3.05) is 14.2 Å². The first kappa shape index (κ1) is 16.0. The van der Waals surface area contributed by atoms with Crippen molar-refractivity contribution in [1.29, 1.82) is 0 Å². The lowest BCUT2D eigenvalue weighted by Gasteiger charge is -2.28. The molecule has 0 N–H and O–H groups in total.